The Bertz CT molecular complexity index is 825. The van der Waals surface area contributed by atoms with Crippen LogP contribution in [0.3, 0.4) is 0 Å². The van der Waals surface area contributed by atoms with E-state index in [1.54, 1.807) is 6.07 Å². The smallest absolute Gasteiger partial charge is 0.131 e. The summed E-state index contributed by atoms with van der Waals surface area (Å²) in [5.41, 5.74) is 5.31. The van der Waals surface area contributed by atoms with E-state index in [0.29, 0.717) is 5.41 Å². The molecule has 3 saturated carbocycles. The Morgan fingerprint density at radius 3 is 2.17 bits per heavy atom. The average Bonchev–Trinajstić information content (AvgIpc) is 2.79. The van der Waals surface area contributed by atoms with Crippen molar-refractivity contribution in [1.82, 2.24) is 0 Å². The van der Waals surface area contributed by atoms with Crippen molar-refractivity contribution in [2.24, 2.45) is 5.41 Å². The van der Waals surface area contributed by atoms with Crippen LogP contribution < -0.4 is 0 Å². The molecule has 2 bridgehead atoms. The fourth-order valence-electron chi connectivity index (χ4n) is 6.37. The van der Waals surface area contributed by atoms with Crippen LogP contribution in [0.25, 0.3) is 11.1 Å². The lowest BCUT2D eigenvalue weighted by Gasteiger charge is -2.54. The Labute approximate surface area is 183 Å². The monoisotopic (exact) mass is 406 g/mol. The van der Waals surface area contributed by atoms with Crippen LogP contribution in [0.5, 0.6) is 0 Å². The number of halogens is 1. The standard InChI is InChI=1S/C29H39F/c1-3-5-6-9-15-28-16-19-29(20-17-28,21-18-28)26-12-8-7-11-24(26)25-14-13-23(10-4-2)22-27(25)30/h7-8,11-14,22H,3-6,9-10,15-21H2,1-2H3. The Morgan fingerprint density at radius 2 is 1.50 bits per heavy atom. The van der Waals surface area contributed by atoms with Crippen LogP contribution in [-0.4, -0.2) is 0 Å². The first-order valence-electron chi connectivity index (χ1n) is 12.5. The minimum Gasteiger partial charge on any atom is -0.206 e. The van der Waals surface area contributed by atoms with Crippen LogP contribution in [0.4, 0.5) is 4.39 Å². The Hall–Kier alpha value is -1.63. The minimum absolute atomic E-state index is 0.0540. The van der Waals surface area contributed by atoms with E-state index in [1.807, 2.05) is 6.07 Å². The maximum atomic E-state index is 15.1. The number of aryl methyl sites for hydroxylation is 1. The molecule has 3 aliphatic carbocycles. The maximum absolute atomic E-state index is 15.1. The first-order chi connectivity index (χ1) is 14.6. The van der Waals surface area contributed by atoms with E-state index < -0.39 is 0 Å². The van der Waals surface area contributed by atoms with Crippen molar-refractivity contribution in [3.05, 3.63) is 59.4 Å². The van der Waals surface area contributed by atoms with Crippen molar-refractivity contribution in [3.8, 4) is 11.1 Å². The maximum Gasteiger partial charge on any atom is 0.131 e. The van der Waals surface area contributed by atoms with Crippen molar-refractivity contribution in [2.45, 2.75) is 103 Å². The van der Waals surface area contributed by atoms with Crippen LogP contribution in [0, 0.1) is 11.2 Å². The molecule has 0 spiro atoms. The van der Waals surface area contributed by atoms with Gasteiger partial charge in [0.05, 0.1) is 0 Å². The molecule has 0 radical (unpaired) electrons. The molecule has 1 heteroatoms. The highest BCUT2D eigenvalue weighted by Crippen LogP contribution is 2.60. The molecule has 3 fully saturated rings. The summed E-state index contributed by atoms with van der Waals surface area (Å²) in [4.78, 5) is 0. The van der Waals surface area contributed by atoms with E-state index in [2.05, 4.69) is 44.2 Å². The van der Waals surface area contributed by atoms with Gasteiger partial charge < -0.3 is 0 Å². The largest absolute Gasteiger partial charge is 0.206 e. The van der Waals surface area contributed by atoms with Gasteiger partial charge in [0.1, 0.15) is 5.82 Å². The van der Waals surface area contributed by atoms with Gasteiger partial charge in [0.2, 0.25) is 0 Å². The lowest BCUT2D eigenvalue weighted by Crippen LogP contribution is -2.44. The molecule has 3 aliphatic rings. The second-order valence-corrected chi connectivity index (χ2v) is 10.2. The Balaban J connectivity index is 1.56. The summed E-state index contributed by atoms with van der Waals surface area (Å²) in [5, 5.41) is 0. The predicted octanol–water partition coefficient (Wildman–Crippen LogP) is 9.01. The molecule has 0 aliphatic heterocycles. The highest BCUT2D eigenvalue weighted by Gasteiger charge is 2.49. The lowest BCUT2D eigenvalue weighted by atomic mass is 9.50. The van der Waals surface area contributed by atoms with Crippen molar-refractivity contribution in [2.75, 3.05) is 0 Å². The number of hydrogen-bond acceptors (Lipinski definition) is 0. The van der Waals surface area contributed by atoms with E-state index in [0.717, 1.165) is 29.5 Å². The number of unbranched alkanes of at least 4 members (excludes halogenated alkanes) is 3. The van der Waals surface area contributed by atoms with Crippen molar-refractivity contribution in [1.29, 1.82) is 0 Å². The van der Waals surface area contributed by atoms with Crippen molar-refractivity contribution >= 4 is 0 Å². The molecule has 0 unspecified atom stereocenters. The Kier molecular flexibility index (Phi) is 6.66. The molecule has 2 aromatic rings. The normalized spacial score (nSPS) is 25.6. The van der Waals surface area contributed by atoms with E-state index >= 15 is 4.39 Å². The topological polar surface area (TPSA) is 0 Å². The summed E-state index contributed by atoms with van der Waals surface area (Å²) < 4.78 is 15.1. The molecule has 0 saturated heterocycles. The molecule has 0 N–H and O–H groups in total. The molecular weight excluding hydrogens is 367 g/mol. The van der Waals surface area contributed by atoms with E-state index in [1.165, 1.54) is 76.2 Å². The number of fused-ring (bicyclic) bond motifs is 3. The minimum atomic E-state index is -0.0540. The van der Waals surface area contributed by atoms with Gasteiger partial charge in [-0.25, -0.2) is 4.39 Å². The zero-order valence-electron chi connectivity index (χ0n) is 19.1. The van der Waals surface area contributed by atoms with Crippen LogP contribution in [0.2, 0.25) is 0 Å². The molecule has 162 valence electrons. The van der Waals surface area contributed by atoms with Gasteiger partial charge in [-0.2, -0.15) is 0 Å². The van der Waals surface area contributed by atoms with Crippen LogP contribution >= 0.6 is 0 Å². The summed E-state index contributed by atoms with van der Waals surface area (Å²) in [7, 11) is 0. The number of benzene rings is 2. The van der Waals surface area contributed by atoms with Crippen LogP contribution in [0.1, 0.15) is 102 Å². The second-order valence-electron chi connectivity index (χ2n) is 10.2. The molecule has 5 rings (SSSR count). The molecule has 0 atom stereocenters. The SMILES string of the molecule is CCCCCCC12CCC(c3ccccc3-c3ccc(CCC)cc3F)(CC1)CC2. The van der Waals surface area contributed by atoms with E-state index in [4.69, 9.17) is 0 Å². The summed E-state index contributed by atoms with van der Waals surface area (Å²) in [6.07, 6.45) is 16.9. The third kappa shape index (κ3) is 4.23. The summed E-state index contributed by atoms with van der Waals surface area (Å²) >= 11 is 0. The zero-order chi connectivity index (χ0) is 21.0. The van der Waals surface area contributed by atoms with Crippen molar-refractivity contribution in [3.63, 3.8) is 0 Å². The summed E-state index contributed by atoms with van der Waals surface area (Å²) in [6, 6.07) is 14.6. The van der Waals surface area contributed by atoms with Gasteiger partial charge in [-0.1, -0.05) is 82.3 Å². The molecule has 30 heavy (non-hydrogen) atoms. The summed E-state index contributed by atoms with van der Waals surface area (Å²) in [6.45, 7) is 4.45. The third-order valence-electron chi connectivity index (χ3n) is 8.32. The first-order valence-corrected chi connectivity index (χ1v) is 12.5. The fourth-order valence-corrected chi connectivity index (χ4v) is 6.37. The van der Waals surface area contributed by atoms with Crippen LogP contribution in [0.15, 0.2) is 42.5 Å². The predicted molar refractivity (Wildman–Crippen MR) is 126 cm³/mol. The number of hydrogen-bond donors (Lipinski definition) is 0. The van der Waals surface area contributed by atoms with Gasteiger partial charge in [-0.15, -0.1) is 0 Å². The lowest BCUT2D eigenvalue weighted by molar-refractivity contribution is 0.0307. The third-order valence-corrected chi connectivity index (χ3v) is 8.32. The quantitative estimate of drug-likeness (QED) is 0.364. The summed E-state index contributed by atoms with van der Waals surface area (Å²) in [5.74, 6) is -0.0540. The van der Waals surface area contributed by atoms with Gasteiger partial charge in [0.25, 0.3) is 0 Å². The fraction of sp³-hybridized carbons (Fsp3) is 0.586. The molecule has 2 aromatic carbocycles. The van der Waals surface area contributed by atoms with Gasteiger partial charge >= 0.3 is 0 Å². The highest BCUT2D eigenvalue weighted by atomic mass is 19.1. The van der Waals surface area contributed by atoms with Gasteiger partial charge in [0.15, 0.2) is 0 Å². The highest BCUT2D eigenvalue weighted by molar-refractivity contribution is 5.70. The average molecular weight is 407 g/mol. The van der Waals surface area contributed by atoms with Gasteiger partial charge in [-0.3, -0.25) is 0 Å². The zero-order valence-corrected chi connectivity index (χ0v) is 19.1. The molecular formula is C29H39F. The molecule has 0 heterocycles. The van der Waals surface area contributed by atoms with Gasteiger partial charge in [-0.05, 0) is 85.0 Å². The van der Waals surface area contributed by atoms with E-state index in [9.17, 15) is 0 Å². The van der Waals surface area contributed by atoms with E-state index in [-0.39, 0.29) is 11.2 Å². The second kappa shape index (κ2) is 9.25. The van der Waals surface area contributed by atoms with Gasteiger partial charge in [0, 0.05) is 5.56 Å². The molecule has 0 aromatic heterocycles. The molecule has 0 nitrogen and oxygen atoms in total. The van der Waals surface area contributed by atoms with Crippen LogP contribution in [-0.2, 0) is 11.8 Å². The Morgan fingerprint density at radius 1 is 0.767 bits per heavy atom. The van der Waals surface area contributed by atoms with Crippen molar-refractivity contribution < 1.29 is 4.39 Å². The molecule has 0 amide bonds. The first kappa shape index (κ1) is 21.6. The number of rotatable bonds is 9.